The lowest BCUT2D eigenvalue weighted by Crippen LogP contribution is -2.11. The number of aryl methyl sites for hydroxylation is 2. The van der Waals surface area contributed by atoms with Crippen molar-refractivity contribution in [2.24, 2.45) is 0 Å². The number of benzene rings is 9. The zero-order valence-corrected chi connectivity index (χ0v) is 32.9. The second-order valence-electron chi connectivity index (χ2n) is 15.4. The Labute approximate surface area is 343 Å². The molecule has 0 aliphatic rings. The Morgan fingerprint density at radius 2 is 0.983 bits per heavy atom. The van der Waals surface area contributed by atoms with Crippen LogP contribution in [0, 0.1) is 13.8 Å². The van der Waals surface area contributed by atoms with Crippen molar-refractivity contribution in [3.63, 3.8) is 0 Å². The largest absolute Gasteiger partial charge is 0.455 e. The van der Waals surface area contributed by atoms with Gasteiger partial charge in [-0.2, -0.15) is 0 Å². The van der Waals surface area contributed by atoms with Crippen LogP contribution in [0.1, 0.15) is 11.1 Å². The lowest BCUT2D eigenvalue weighted by Gasteiger charge is -2.28. The number of para-hydroxylation sites is 3. The highest BCUT2D eigenvalue weighted by Gasteiger charge is 2.24. The molecule has 0 bridgehead atoms. The molecule has 0 fully saturated rings. The predicted molar refractivity (Wildman–Crippen MR) is 249 cm³/mol. The zero-order chi connectivity index (χ0) is 39.5. The number of aromatic nitrogens is 1. The fourth-order valence-electron chi connectivity index (χ4n) is 9.23. The molecule has 0 amide bonds. The first-order chi connectivity index (χ1) is 29.1. The minimum atomic E-state index is 0.862. The van der Waals surface area contributed by atoms with Crippen LogP contribution in [0.5, 0.6) is 0 Å². The van der Waals surface area contributed by atoms with Crippen molar-refractivity contribution in [3.8, 4) is 39.1 Å². The first-order valence-corrected chi connectivity index (χ1v) is 20.3. The van der Waals surface area contributed by atoms with Gasteiger partial charge in [-0.15, -0.1) is 0 Å². The fourth-order valence-corrected chi connectivity index (χ4v) is 9.23. The monoisotopic (exact) mass is 756 g/mol. The summed E-state index contributed by atoms with van der Waals surface area (Å²) < 4.78 is 9.32. The van der Waals surface area contributed by atoms with E-state index >= 15 is 0 Å². The van der Waals surface area contributed by atoms with Gasteiger partial charge in [0.05, 0.1) is 22.1 Å². The van der Waals surface area contributed by atoms with Crippen LogP contribution in [0.25, 0.3) is 82.8 Å². The van der Waals surface area contributed by atoms with Gasteiger partial charge in [-0.1, -0.05) is 140 Å². The molecule has 0 N–H and O–H groups in total. The van der Waals surface area contributed by atoms with Crippen molar-refractivity contribution in [1.82, 2.24) is 4.57 Å². The van der Waals surface area contributed by atoms with Crippen LogP contribution in [-0.4, -0.2) is 4.57 Å². The van der Waals surface area contributed by atoms with Gasteiger partial charge in [0.25, 0.3) is 0 Å². The Bertz CT molecular complexity index is 3260. The fraction of sp³-hybridized carbons (Fsp3) is 0.0357. The zero-order valence-electron chi connectivity index (χ0n) is 32.9. The Balaban J connectivity index is 1.13. The van der Waals surface area contributed by atoms with Crippen molar-refractivity contribution in [1.29, 1.82) is 0 Å². The van der Waals surface area contributed by atoms with Gasteiger partial charge in [-0.05, 0) is 120 Å². The maximum absolute atomic E-state index is 6.94. The third-order valence-electron chi connectivity index (χ3n) is 11.8. The summed E-state index contributed by atoms with van der Waals surface area (Å²) in [7, 11) is 0. The predicted octanol–water partition coefficient (Wildman–Crippen LogP) is 15.8. The molecule has 59 heavy (non-hydrogen) atoms. The van der Waals surface area contributed by atoms with Crippen LogP contribution in [0.15, 0.2) is 211 Å². The highest BCUT2D eigenvalue weighted by Crippen LogP contribution is 2.47. The van der Waals surface area contributed by atoms with Crippen LogP contribution in [0.3, 0.4) is 0 Å². The summed E-state index contributed by atoms with van der Waals surface area (Å²) in [6, 6.07) is 74.1. The van der Waals surface area contributed by atoms with E-state index in [1.807, 2.05) is 0 Å². The van der Waals surface area contributed by atoms with Gasteiger partial charge in [0.15, 0.2) is 0 Å². The quantitative estimate of drug-likeness (QED) is 0.161. The lowest BCUT2D eigenvalue weighted by atomic mass is 9.94. The van der Waals surface area contributed by atoms with Gasteiger partial charge in [-0.25, -0.2) is 0 Å². The van der Waals surface area contributed by atoms with Crippen molar-refractivity contribution >= 4 is 60.8 Å². The summed E-state index contributed by atoms with van der Waals surface area (Å²) in [5.74, 6) is 0. The van der Waals surface area contributed by atoms with E-state index in [1.165, 1.54) is 55.2 Å². The molecule has 0 radical (unpaired) electrons. The number of nitrogens with zero attached hydrogens (tertiary/aromatic N) is 2. The van der Waals surface area contributed by atoms with Gasteiger partial charge in [0, 0.05) is 38.8 Å². The highest BCUT2D eigenvalue weighted by atomic mass is 16.3. The van der Waals surface area contributed by atoms with E-state index < -0.39 is 0 Å². The van der Waals surface area contributed by atoms with Gasteiger partial charge in [-0.3, -0.25) is 0 Å². The number of hydrogen-bond acceptors (Lipinski definition) is 2. The molecule has 0 aliphatic heterocycles. The molecule has 11 aromatic rings. The van der Waals surface area contributed by atoms with E-state index in [4.69, 9.17) is 4.42 Å². The molecule has 0 unspecified atom stereocenters. The maximum atomic E-state index is 6.94. The smallest absolute Gasteiger partial charge is 0.145 e. The molecular formula is C56H40N2O. The molecule has 0 spiro atoms. The van der Waals surface area contributed by atoms with Crippen molar-refractivity contribution in [2.45, 2.75) is 13.8 Å². The molecule has 0 saturated heterocycles. The van der Waals surface area contributed by atoms with E-state index in [1.54, 1.807) is 0 Å². The van der Waals surface area contributed by atoms with E-state index in [2.05, 4.69) is 230 Å². The summed E-state index contributed by atoms with van der Waals surface area (Å²) in [5.41, 5.74) is 17.9. The summed E-state index contributed by atoms with van der Waals surface area (Å²) in [6.45, 7) is 4.46. The third-order valence-corrected chi connectivity index (χ3v) is 11.8. The molecule has 9 aromatic carbocycles. The molecule has 3 heteroatoms. The lowest BCUT2D eigenvalue weighted by molar-refractivity contribution is 0.670. The van der Waals surface area contributed by atoms with E-state index in [-0.39, 0.29) is 0 Å². The summed E-state index contributed by atoms with van der Waals surface area (Å²) in [5, 5.41) is 4.65. The highest BCUT2D eigenvalue weighted by molar-refractivity contribution is 6.17. The topological polar surface area (TPSA) is 21.3 Å². The molecule has 0 atom stereocenters. The minimum absolute atomic E-state index is 0.862. The second-order valence-corrected chi connectivity index (χ2v) is 15.4. The molecular weight excluding hydrogens is 717 g/mol. The van der Waals surface area contributed by atoms with Crippen molar-refractivity contribution in [2.75, 3.05) is 4.90 Å². The summed E-state index contributed by atoms with van der Waals surface area (Å²) in [4.78, 5) is 2.41. The molecule has 280 valence electrons. The van der Waals surface area contributed by atoms with Gasteiger partial charge < -0.3 is 13.9 Å². The Hall–Kier alpha value is -7.62. The van der Waals surface area contributed by atoms with Crippen LogP contribution in [-0.2, 0) is 0 Å². The van der Waals surface area contributed by atoms with Crippen molar-refractivity contribution < 1.29 is 4.42 Å². The van der Waals surface area contributed by atoms with Gasteiger partial charge >= 0.3 is 0 Å². The number of fused-ring (bicyclic) bond motifs is 6. The number of furan rings is 1. The number of anilines is 3. The number of rotatable bonds is 7. The average Bonchev–Trinajstić information content (AvgIpc) is 3.84. The third kappa shape index (κ3) is 5.82. The molecule has 2 aromatic heterocycles. The average molecular weight is 757 g/mol. The molecule has 3 nitrogen and oxygen atoms in total. The minimum Gasteiger partial charge on any atom is -0.455 e. The van der Waals surface area contributed by atoms with Crippen LogP contribution in [0.4, 0.5) is 17.1 Å². The molecule has 0 saturated carbocycles. The van der Waals surface area contributed by atoms with E-state index in [0.717, 1.165) is 55.8 Å². The van der Waals surface area contributed by atoms with Crippen molar-refractivity contribution in [3.05, 3.63) is 217 Å². The normalized spacial score (nSPS) is 11.6. The standard InChI is InChI=1S/C56H40N2O/c1-37-34-45(35-38(2)54(37)41-18-7-4-8-19-41)57(43-30-28-40(29-31-43)39-16-5-3-6-17-39)52-33-32-46(56-55(52)49-24-11-14-27-53(49)59-56)42-20-15-21-44(36-42)58-50-25-12-9-22-47(50)48-23-10-13-26-51(48)58/h3-36H,1-2H3. The first kappa shape index (κ1) is 34.6. The summed E-state index contributed by atoms with van der Waals surface area (Å²) >= 11 is 0. The first-order valence-electron chi connectivity index (χ1n) is 20.3. The van der Waals surface area contributed by atoms with Gasteiger partial charge in [0.1, 0.15) is 11.2 Å². The van der Waals surface area contributed by atoms with Gasteiger partial charge in [0.2, 0.25) is 0 Å². The summed E-state index contributed by atoms with van der Waals surface area (Å²) in [6.07, 6.45) is 0. The van der Waals surface area contributed by atoms with E-state index in [0.29, 0.717) is 0 Å². The molecule has 2 heterocycles. The SMILES string of the molecule is Cc1cc(N(c2ccc(-c3ccccc3)cc2)c2ccc(-c3cccc(-n4c5ccccc5c5ccccc54)c3)c3oc4ccccc4c23)cc(C)c1-c1ccccc1. The molecule has 0 aliphatic carbocycles. The number of hydrogen-bond donors (Lipinski definition) is 0. The maximum Gasteiger partial charge on any atom is 0.145 e. The molecule has 11 rings (SSSR count). The second kappa shape index (κ2) is 14.1. The van der Waals surface area contributed by atoms with E-state index in [9.17, 15) is 0 Å². The Kier molecular flexibility index (Phi) is 8.27. The van der Waals surface area contributed by atoms with Crippen LogP contribution >= 0.6 is 0 Å². The van der Waals surface area contributed by atoms with Crippen LogP contribution < -0.4 is 4.90 Å². The Morgan fingerprint density at radius 1 is 0.424 bits per heavy atom. The van der Waals surface area contributed by atoms with Crippen LogP contribution in [0.2, 0.25) is 0 Å². The Morgan fingerprint density at radius 3 is 1.66 bits per heavy atom.